The van der Waals surface area contributed by atoms with Gasteiger partial charge in [0.05, 0.1) is 17.0 Å². The molecule has 1 fully saturated rings. The van der Waals surface area contributed by atoms with E-state index in [0.29, 0.717) is 24.6 Å². The van der Waals surface area contributed by atoms with Gasteiger partial charge in [-0.1, -0.05) is 5.16 Å². The van der Waals surface area contributed by atoms with Crippen LogP contribution in [0.2, 0.25) is 0 Å². The molecule has 15 heavy (non-hydrogen) atoms. The van der Waals surface area contributed by atoms with E-state index in [0.717, 1.165) is 0 Å². The number of nitrogens with zero attached hydrogens (tertiary/aromatic N) is 2. The van der Waals surface area contributed by atoms with Crippen LogP contribution < -0.4 is 5.73 Å². The van der Waals surface area contributed by atoms with Gasteiger partial charge in [0.15, 0.2) is 15.7 Å². The molecule has 6 nitrogen and oxygen atoms in total. The lowest BCUT2D eigenvalue weighted by atomic mass is 9.96. The Morgan fingerprint density at radius 2 is 2.27 bits per heavy atom. The van der Waals surface area contributed by atoms with E-state index in [1.807, 2.05) is 0 Å². The van der Waals surface area contributed by atoms with Crippen molar-refractivity contribution in [2.45, 2.75) is 25.3 Å². The minimum absolute atomic E-state index is 0.0982. The van der Waals surface area contributed by atoms with Crippen molar-refractivity contribution in [3.05, 3.63) is 11.7 Å². The molecule has 0 aromatic carbocycles. The largest absolute Gasteiger partial charge is 0.340 e. The lowest BCUT2D eigenvalue weighted by molar-refractivity contribution is 0.349. The highest BCUT2D eigenvalue weighted by Crippen LogP contribution is 2.28. The van der Waals surface area contributed by atoms with Crippen LogP contribution in [0, 0.1) is 6.92 Å². The highest BCUT2D eigenvalue weighted by Gasteiger charge is 2.40. The van der Waals surface area contributed by atoms with Gasteiger partial charge in [-0.15, -0.1) is 0 Å². The molecule has 0 aliphatic carbocycles. The first-order valence-corrected chi connectivity index (χ1v) is 6.54. The predicted molar refractivity (Wildman–Crippen MR) is 52.8 cm³/mol. The minimum atomic E-state index is -3.08. The number of hydrogen-bond acceptors (Lipinski definition) is 6. The Morgan fingerprint density at radius 3 is 2.80 bits per heavy atom. The molecule has 1 aliphatic rings. The van der Waals surface area contributed by atoms with Crippen molar-refractivity contribution in [3.63, 3.8) is 0 Å². The highest BCUT2D eigenvalue weighted by atomic mass is 32.2. The van der Waals surface area contributed by atoms with Gasteiger partial charge in [0.25, 0.3) is 0 Å². The number of aryl methyl sites for hydroxylation is 1. The quantitative estimate of drug-likeness (QED) is 0.715. The SMILES string of the molecule is Cc1nc(C2(N)CCCS(=O)(=O)C2)no1. The number of rotatable bonds is 1. The van der Waals surface area contributed by atoms with Gasteiger partial charge in [0.2, 0.25) is 5.89 Å². The van der Waals surface area contributed by atoms with Crippen LogP contribution in [0.1, 0.15) is 24.6 Å². The monoisotopic (exact) mass is 231 g/mol. The van der Waals surface area contributed by atoms with Crippen molar-refractivity contribution in [2.75, 3.05) is 11.5 Å². The summed E-state index contributed by atoms with van der Waals surface area (Å²) in [5, 5.41) is 3.70. The smallest absolute Gasteiger partial charge is 0.223 e. The molecule has 1 aromatic heterocycles. The third kappa shape index (κ3) is 2.03. The van der Waals surface area contributed by atoms with Gasteiger partial charge in [-0.3, -0.25) is 0 Å². The molecule has 2 N–H and O–H groups in total. The van der Waals surface area contributed by atoms with E-state index in [2.05, 4.69) is 10.1 Å². The van der Waals surface area contributed by atoms with Crippen LogP contribution in [0.4, 0.5) is 0 Å². The predicted octanol–water partition coefficient (Wildman–Crippen LogP) is -0.259. The average molecular weight is 231 g/mol. The summed E-state index contributed by atoms with van der Waals surface area (Å²) in [6.07, 6.45) is 1.12. The summed E-state index contributed by atoms with van der Waals surface area (Å²) in [6, 6.07) is 0. The summed E-state index contributed by atoms with van der Waals surface area (Å²) in [5.41, 5.74) is 5.03. The van der Waals surface area contributed by atoms with Crippen molar-refractivity contribution in [1.82, 2.24) is 10.1 Å². The fraction of sp³-hybridized carbons (Fsp3) is 0.750. The van der Waals surface area contributed by atoms with Gasteiger partial charge >= 0.3 is 0 Å². The Bertz CT molecular complexity index is 467. The number of nitrogens with two attached hydrogens (primary N) is 1. The molecule has 0 bridgehead atoms. The second-order valence-corrected chi connectivity index (χ2v) is 6.17. The van der Waals surface area contributed by atoms with Crippen LogP contribution in [0.5, 0.6) is 0 Å². The van der Waals surface area contributed by atoms with E-state index >= 15 is 0 Å². The molecule has 0 spiro atoms. The van der Waals surface area contributed by atoms with Gasteiger partial charge in [-0.25, -0.2) is 8.42 Å². The van der Waals surface area contributed by atoms with E-state index in [-0.39, 0.29) is 11.5 Å². The Labute approximate surface area is 87.8 Å². The van der Waals surface area contributed by atoms with Crippen LogP contribution in [-0.4, -0.2) is 30.1 Å². The molecule has 2 heterocycles. The highest BCUT2D eigenvalue weighted by molar-refractivity contribution is 7.91. The third-order valence-electron chi connectivity index (χ3n) is 2.53. The van der Waals surface area contributed by atoms with Crippen LogP contribution in [0.25, 0.3) is 0 Å². The lowest BCUT2D eigenvalue weighted by Gasteiger charge is -2.29. The Kier molecular flexibility index (Phi) is 2.31. The fourth-order valence-corrected chi connectivity index (χ4v) is 3.61. The van der Waals surface area contributed by atoms with E-state index in [9.17, 15) is 8.42 Å². The molecule has 84 valence electrons. The molecule has 1 unspecified atom stereocenters. The van der Waals surface area contributed by atoms with E-state index in [1.165, 1.54) is 0 Å². The average Bonchev–Trinajstić information content (AvgIpc) is 2.49. The van der Waals surface area contributed by atoms with Gasteiger partial charge in [0.1, 0.15) is 0 Å². The van der Waals surface area contributed by atoms with Gasteiger partial charge < -0.3 is 10.3 Å². The van der Waals surface area contributed by atoms with Crippen LogP contribution in [-0.2, 0) is 15.4 Å². The normalized spacial score (nSPS) is 30.3. The molecule has 1 saturated heterocycles. The lowest BCUT2D eigenvalue weighted by Crippen LogP contribution is -2.48. The van der Waals surface area contributed by atoms with Gasteiger partial charge in [-0.2, -0.15) is 4.98 Å². The molecular weight excluding hydrogens is 218 g/mol. The maximum Gasteiger partial charge on any atom is 0.223 e. The van der Waals surface area contributed by atoms with E-state index in [1.54, 1.807) is 6.92 Å². The second kappa shape index (κ2) is 3.28. The Balaban J connectivity index is 2.34. The molecular formula is C8H13N3O3S. The summed E-state index contributed by atoms with van der Waals surface area (Å²) < 4.78 is 27.8. The zero-order valence-corrected chi connectivity index (χ0v) is 9.25. The number of hydrogen-bond donors (Lipinski definition) is 1. The van der Waals surface area contributed by atoms with Crippen molar-refractivity contribution in [3.8, 4) is 0 Å². The molecule has 1 atom stereocenters. The molecule has 7 heteroatoms. The fourth-order valence-electron chi connectivity index (χ4n) is 1.82. The summed E-state index contributed by atoms with van der Waals surface area (Å²) in [7, 11) is -3.08. The molecule has 0 saturated carbocycles. The maximum absolute atomic E-state index is 11.5. The second-order valence-electron chi connectivity index (χ2n) is 3.99. The van der Waals surface area contributed by atoms with Gasteiger partial charge in [-0.05, 0) is 12.8 Å². The Hall–Kier alpha value is -0.950. The zero-order chi connectivity index (χ0) is 11.1. The third-order valence-corrected chi connectivity index (χ3v) is 4.39. The van der Waals surface area contributed by atoms with Crippen LogP contribution in [0.15, 0.2) is 4.52 Å². The minimum Gasteiger partial charge on any atom is -0.340 e. The standard InChI is InChI=1S/C8H13N3O3S/c1-6-10-7(11-14-6)8(9)3-2-4-15(12,13)5-8/h2-5,9H2,1H3. The summed E-state index contributed by atoms with van der Waals surface area (Å²) in [6.45, 7) is 1.65. The van der Waals surface area contributed by atoms with E-state index in [4.69, 9.17) is 10.3 Å². The first-order valence-electron chi connectivity index (χ1n) is 4.71. The molecule has 1 aliphatic heterocycles. The number of aromatic nitrogens is 2. The van der Waals surface area contributed by atoms with Crippen molar-refractivity contribution in [1.29, 1.82) is 0 Å². The first-order chi connectivity index (χ1) is 6.91. The molecule has 2 rings (SSSR count). The molecule has 1 aromatic rings. The maximum atomic E-state index is 11.5. The summed E-state index contributed by atoms with van der Waals surface area (Å²) in [5.74, 6) is 0.794. The van der Waals surface area contributed by atoms with Crippen molar-refractivity contribution in [2.24, 2.45) is 5.73 Å². The van der Waals surface area contributed by atoms with Crippen LogP contribution in [0.3, 0.4) is 0 Å². The van der Waals surface area contributed by atoms with Crippen LogP contribution >= 0.6 is 0 Å². The molecule has 0 radical (unpaired) electrons. The Morgan fingerprint density at radius 1 is 1.53 bits per heavy atom. The molecule has 0 amide bonds. The van der Waals surface area contributed by atoms with E-state index < -0.39 is 15.4 Å². The van der Waals surface area contributed by atoms with Gasteiger partial charge in [0, 0.05) is 6.92 Å². The topological polar surface area (TPSA) is 99.1 Å². The zero-order valence-electron chi connectivity index (χ0n) is 8.43. The summed E-state index contributed by atoms with van der Waals surface area (Å²) >= 11 is 0. The number of sulfone groups is 1. The van der Waals surface area contributed by atoms with Crippen molar-refractivity contribution >= 4 is 9.84 Å². The first kappa shape index (κ1) is 10.6. The summed E-state index contributed by atoms with van der Waals surface area (Å²) in [4.78, 5) is 4.00. The van der Waals surface area contributed by atoms with Crippen molar-refractivity contribution < 1.29 is 12.9 Å².